The van der Waals surface area contributed by atoms with E-state index in [0.29, 0.717) is 6.04 Å². The number of benzene rings is 1. The van der Waals surface area contributed by atoms with Crippen LogP contribution in [0.1, 0.15) is 50.5 Å². The molecule has 0 spiro atoms. The molecule has 0 heterocycles. The van der Waals surface area contributed by atoms with Crippen molar-refractivity contribution in [3.8, 4) is 5.75 Å². The van der Waals surface area contributed by atoms with Crippen molar-refractivity contribution in [2.45, 2.75) is 57.9 Å². The molecule has 1 saturated carbocycles. The SMILES string of the molecule is Cc1cccc(OCCC(CC2CCCCC2)NN)c1. The lowest BCUT2D eigenvalue weighted by atomic mass is 9.84. The van der Waals surface area contributed by atoms with Gasteiger partial charge in [-0.3, -0.25) is 11.3 Å². The van der Waals surface area contributed by atoms with Crippen molar-refractivity contribution in [3.63, 3.8) is 0 Å². The zero-order chi connectivity index (χ0) is 14.2. The molecule has 0 amide bonds. The van der Waals surface area contributed by atoms with Gasteiger partial charge in [0.15, 0.2) is 0 Å². The van der Waals surface area contributed by atoms with Crippen molar-refractivity contribution in [3.05, 3.63) is 29.8 Å². The number of hydrogen-bond donors (Lipinski definition) is 2. The molecule has 0 radical (unpaired) electrons. The summed E-state index contributed by atoms with van der Waals surface area (Å²) in [5.74, 6) is 7.50. The lowest BCUT2D eigenvalue weighted by molar-refractivity contribution is 0.248. The molecule has 2 rings (SSSR count). The Kier molecular flexibility index (Phi) is 6.34. The predicted molar refractivity (Wildman–Crippen MR) is 83.6 cm³/mol. The molecular formula is C17H28N2O. The zero-order valence-electron chi connectivity index (χ0n) is 12.6. The maximum Gasteiger partial charge on any atom is 0.119 e. The van der Waals surface area contributed by atoms with Crippen LogP contribution in [0, 0.1) is 12.8 Å². The number of aryl methyl sites for hydroxylation is 1. The quantitative estimate of drug-likeness (QED) is 0.591. The molecule has 20 heavy (non-hydrogen) atoms. The minimum absolute atomic E-state index is 0.378. The largest absolute Gasteiger partial charge is 0.494 e. The highest BCUT2D eigenvalue weighted by Crippen LogP contribution is 2.27. The van der Waals surface area contributed by atoms with E-state index in [4.69, 9.17) is 10.6 Å². The smallest absolute Gasteiger partial charge is 0.119 e. The van der Waals surface area contributed by atoms with Gasteiger partial charge in [-0.2, -0.15) is 0 Å². The average Bonchev–Trinajstić information content (AvgIpc) is 2.47. The topological polar surface area (TPSA) is 47.3 Å². The lowest BCUT2D eigenvalue weighted by Crippen LogP contribution is -2.38. The van der Waals surface area contributed by atoms with Crippen LogP contribution in [-0.2, 0) is 0 Å². The Labute approximate surface area is 122 Å². The van der Waals surface area contributed by atoms with Crippen molar-refractivity contribution in [1.82, 2.24) is 5.43 Å². The first-order chi connectivity index (χ1) is 9.78. The fraction of sp³-hybridized carbons (Fsp3) is 0.647. The minimum atomic E-state index is 0.378. The van der Waals surface area contributed by atoms with E-state index in [1.165, 1.54) is 44.1 Å². The van der Waals surface area contributed by atoms with Crippen molar-refractivity contribution in [2.75, 3.05) is 6.61 Å². The summed E-state index contributed by atoms with van der Waals surface area (Å²) >= 11 is 0. The molecule has 1 atom stereocenters. The number of ether oxygens (including phenoxy) is 1. The van der Waals surface area contributed by atoms with E-state index in [1.54, 1.807) is 0 Å². The van der Waals surface area contributed by atoms with E-state index in [9.17, 15) is 0 Å². The molecule has 3 N–H and O–H groups in total. The van der Waals surface area contributed by atoms with Crippen LogP contribution < -0.4 is 16.0 Å². The van der Waals surface area contributed by atoms with Crippen LogP contribution in [0.2, 0.25) is 0 Å². The summed E-state index contributed by atoms with van der Waals surface area (Å²) in [5, 5.41) is 0. The average molecular weight is 276 g/mol. The van der Waals surface area contributed by atoms with E-state index < -0.39 is 0 Å². The first kappa shape index (κ1) is 15.3. The third-order valence-corrected chi connectivity index (χ3v) is 4.30. The third-order valence-electron chi connectivity index (χ3n) is 4.30. The van der Waals surface area contributed by atoms with Crippen LogP contribution in [0.25, 0.3) is 0 Å². The number of nitrogens with one attached hydrogen (secondary N) is 1. The Morgan fingerprint density at radius 1 is 1.30 bits per heavy atom. The second-order valence-corrected chi connectivity index (χ2v) is 6.06. The number of nitrogens with two attached hydrogens (primary N) is 1. The van der Waals surface area contributed by atoms with Crippen molar-refractivity contribution < 1.29 is 4.74 Å². The van der Waals surface area contributed by atoms with Crippen LogP contribution in [0.3, 0.4) is 0 Å². The Morgan fingerprint density at radius 3 is 2.80 bits per heavy atom. The molecule has 3 heteroatoms. The van der Waals surface area contributed by atoms with E-state index in [-0.39, 0.29) is 0 Å². The van der Waals surface area contributed by atoms with Gasteiger partial charge >= 0.3 is 0 Å². The molecular weight excluding hydrogens is 248 g/mol. The summed E-state index contributed by atoms with van der Waals surface area (Å²) < 4.78 is 5.81. The Balaban J connectivity index is 1.70. The van der Waals surface area contributed by atoms with Gasteiger partial charge in [-0.1, -0.05) is 44.2 Å². The van der Waals surface area contributed by atoms with Gasteiger partial charge in [-0.25, -0.2) is 0 Å². The van der Waals surface area contributed by atoms with Crippen molar-refractivity contribution >= 4 is 0 Å². The van der Waals surface area contributed by atoms with E-state index in [1.807, 2.05) is 12.1 Å². The van der Waals surface area contributed by atoms with Gasteiger partial charge in [0.25, 0.3) is 0 Å². The Morgan fingerprint density at radius 2 is 2.10 bits per heavy atom. The highest BCUT2D eigenvalue weighted by molar-refractivity contribution is 5.27. The number of hydrazine groups is 1. The first-order valence-corrected chi connectivity index (χ1v) is 7.93. The molecule has 1 aromatic carbocycles. The molecule has 0 aromatic heterocycles. The summed E-state index contributed by atoms with van der Waals surface area (Å²) in [4.78, 5) is 0. The van der Waals surface area contributed by atoms with Gasteiger partial charge in [0, 0.05) is 6.04 Å². The monoisotopic (exact) mass is 276 g/mol. The van der Waals surface area contributed by atoms with E-state index in [2.05, 4.69) is 24.5 Å². The maximum atomic E-state index is 5.81. The molecule has 1 aliphatic rings. The molecule has 1 aliphatic carbocycles. The Bertz CT molecular complexity index is 388. The van der Waals surface area contributed by atoms with Crippen molar-refractivity contribution in [1.29, 1.82) is 0 Å². The molecule has 0 bridgehead atoms. The maximum absolute atomic E-state index is 5.81. The second-order valence-electron chi connectivity index (χ2n) is 6.06. The van der Waals surface area contributed by atoms with Crippen molar-refractivity contribution in [2.24, 2.45) is 11.8 Å². The highest BCUT2D eigenvalue weighted by Gasteiger charge is 2.18. The van der Waals surface area contributed by atoms with Gasteiger partial charge in [-0.15, -0.1) is 0 Å². The summed E-state index contributed by atoms with van der Waals surface area (Å²) in [7, 11) is 0. The van der Waals surface area contributed by atoms with Crippen LogP contribution in [0.15, 0.2) is 24.3 Å². The van der Waals surface area contributed by atoms with Gasteiger partial charge in [0.1, 0.15) is 5.75 Å². The molecule has 0 saturated heterocycles. The standard InChI is InChI=1S/C17H28N2O/c1-14-6-5-9-17(12-14)20-11-10-16(19-18)13-15-7-3-2-4-8-15/h5-6,9,12,15-16,19H,2-4,7-8,10-11,13,18H2,1H3. The Hall–Kier alpha value is -1.06. The fourth-order valence-corrected chi connectivity index (χ4v) is 3.12. The minimum Gasteiger partial charge on any atom is -0.494 e. The normalized spacial score (nSPS) is 17.9. The van der Waals surface area contributed by atoms with Gasteiger partial charge in [-0.05, 0) is 43.4 Å². The molecule has 1 aromatic rings. The summed E-state index contributed by atoms with van der Waals surface area (Å²) in [6, 6.07) is 8.58. The van der Waals surface area contributed by atoms with Gasteiger partial charge in [0.05, 0.1) is 6.61 Å². The second kappa shape index (κ2) is 8.28. The van der Waals surface area contributed by atoms with E-state index >= 15 is 0 Å². The van der Waals surface area contributed by atoms with Crippen LogP contribution in [0.5, 0.6) is 5.75 Å². The molecule has 1 fully saturated rings. The molecule has 112 valence electrons. The van der Waals surface area contributed by atoms with Crippen LogP contribution in [0.4, 0.5) is 0 Å². The van der Waals surface area contributed by atoms with Crippen LogP contribution in [-0.4, -0.2) is 12.6 Å². The highest BCUT2D eigenvalue weighted by atomic mass is 16.5. The van der Waals surface area contributed by atoms with Gasteiger partial charge < -0.3 is 4.74 Å². The number of rotatable bonds is 7. The van der Waals surface area contributed by atoms with E-state index in [0.717, 1.165) is 24.7 Å². The summed E-state index contributed by atoms with van der Waals surface area (Å²) in [5.41, 5.74) is 4.20. The van der Waals surface area contributed by atoms with Crippen LogP contribution >= 0.6 is 0 Å². The predicted octanol–water partition coefficient (Wildman–Crippen LogP) is 3.57. The lowest BCUT2D eigenvalue weighted by Gasteiger charge is -2.26. The third kappa shape index (κ3) is 5.14. The summed E-state index contributed by atoms with van der Waals surface area (Å²) in [6.07, 6.45) is 9.10. The van der Waals surface area contributed by atoms with Gasteiger partial charge in [0.2, 0.25) is 0 Å². The molecule has 1 unspecified atom stereocenters. The summed E-state index contributed by atoms with van der Waals surface area (Å²) in [6.45, 7) is 2.81. The molecule has 0 aliphatic heterocycles. The zero-order valence-corrected chi connectivity index (χ0v) is 12.6. The number of hydrogen-bond acceptors (Lipinski definition) is 3. The molecule has 3 nitrogen and oxygen atoms in total. The first-order valence-electron chi connectivity index (χ1n) is 7.93. The fourth-order valence-electron chi connectivity index (χ4n) is 3.12.